The van der Waals surface area contributed by atoms with Crippen molar-refractivity contribution < 1.29 is 9.53 Å². The van der Waals surface area contributed by atoms with Gasteiger partial charge in [0.2, 0.25) is 5.91 Å². The molecule has 114 valence electrons. The molecule has 2 aromatic rings. The highest BCUT2D eigenvalue weighted by molar-refractivity contribution is 9.10. The number of halogens is 1. The summed E-state index contributed by atoms with van der Waals surface area (Å²) in [6.45, 7) is 0. The predicted octanol–water partition coefficient (Wildman–Crippen LogP) is 3.51. The normalized spacial score (nSPS) is 9.91. The van der Waals surface area contributed by atoms with E-state index in [2.05, 4.69) is 26.6 Å². The second kappa shape index (κ2) is 7.91. The summed E-state index contributed by atoms with van der Waals surface area (Å²) in [7, 11) is 1.60. The zero-order valence-corrected chi connectivity index (χ0v) is 14.3. The van der Waals surface area contributed by atoms with Crippen molar-refractivity contribution in [2.24, 2.45) is 0 Å². The van der Waals surface area contributed by atoms with Gasteiger partial charge < -0.3 is 15.4 Å². The van der Waals surface area contributed by atoms with Crippen molar-refractivity contribution in [1.82, 2.24) is 5.32 Å². The lowest BCUT2D eigenvalue weighted by Crippen LogP contribution is -2.35. The summed E-state index contributed by atoms with van der Waals surface area (Å²) in [6.07, 6.45) is 0.287. The second-order valence-electron chi connectivity index (χ2n) is 4.51. The van der Waals surface area contributed by atoms with Crippen LogP contribution in [-0.4, -0.2) is 18.1 Å². The number of amides is 1. The van der Waals surface area contributed by atoms with Crippen LogP contribution in [0.1, 0.15) is 5.56 Å². The molecular weight excluding hydrogens is 364 g/mol. The molecule has 0 unspecified atom stereocenters. The number of hydrogen-bond donors (Lipinski definition) is 2. The standard InChI is InChI=1S/C16H15BrN2O2S/c1-21-14-8-7-12(10-13(14)17)18-16(22)19-15(20)9-11-5-3-2-4-6-11/h2-8,10H,9H2,1H3,(H2,18,19,20,22). The van der Waals surface area contributed by atoms with Crippen LogP contribution in [0.4, 0.5) is 5.69 Å². The molecule has 0 saturated carbocycles. The van der Waals surface area contributed by atoms with Crippen LogP contribution in [0, 0.1) is 0 Å². The second-order valence-corrected chi connectivity index (χ2v) is 5.78. The molecule has 1 amide bonds. The van der Waals surface area contributed by atoms with Gasteiger partial charge in [0.15, 0.2) is 5.11 Å². The number of nitrogens with one attached hydrogen (secondary N) is 2. The third-order valence-electron chi connectivity index (χ3n) is 2.87. The maximum atomic E-state index is 11.9. The Morgan fingerprint density at radius 3 is 2.59 bits per heavy atom. The van der Waals surface area contributed by atoms with E-state index in [0.717, 1.165) is 21.5 Å². The van der Waals surface area contributed by atoms with Gasteiger partial charge in [0, 0.05) is 5.69 Å². The first-order valence-corrected chi connectivity index (χ1v) is 7.77. The van der Waals surface area contributed by atoms with Crippen LogP contribution >= 0.6 is 28.1 Å². The molecule has 6 heteroatoms. The Balaban J connectivity index is 1.90. The van der Waals surface area contributed by atoms with Crippen LogP contribution in [0.3, 0.4) is 0 Å². The van der Waals surface area contributed by atoms with E-state index in [1.807, 2.05) is 42.5 Å². The molecule has 0 atom stereocenters. The van der Waals surface area contributed by atoms with Crippen molar-refractivity contribution in [3.63, 3.8) is 0 Å². The van der Waals surface area contributed by atoms with Crippen LogP contribution in [0.2, 0.25) is 0 Å². The molecule has 4 nitrogen and oxygen atoms in total. The van der Waals surface area contributed by atoms with Gasteiger partial charge in [-0.1, -0.05) is 30.3 Å². The van der Waals surface area contributed by atoms with E-state index in [0.29, 0.717) is 0 Å². The third-order valence-corrected chi connectivity index (χ3v) is 3.69. The van der Waals surface area contributed by atoms with Crippen LogP contribution < -0.4 is 15.4 Å². The van der Waals surface area contributed by atoms with Crippen LogP contribution in [0.25, 0.3) is 0 Å². The predicted molar refractivity (Wildman–Crippen MR) is 95.2 cm³/mol. The lowest BCUT2D eigenvalue weighted by Gasteiger charge is -2.11. The van der Waals surface area contributed by atoms with Crippen LogP contribution in [-0.2, 0) is 11.2 Å². The quantitative estimate of drug-likeness (QED) is 0.799. The Hall–Kier alpha value is -1.92. The van der Waals surface area contributed by atoms with E-state index >= 15 is 0 Å². The number of rotatable bonds is 4. The molecule has 0 aliphatic carbocycles. The van der Waals surface area contributed by atoms with Gasteiger partial charge in [-0.25, -0.2) is 0 Å². The number of thiocarbonyl (C=S) groups is 1. The number of anilines is 1. The molecule has 0 saturated heterocycles. The fourth-order valence-electron chi connectivity index (χ4n) is 1.86. The summed E-state index contributed by atoms with van der Waals surface area (Å²) < 4.78 is 5.96. The first-order valence-electron chi connectivity index (χ1n) is 6.57. The average Bonchev–Trinajstić information content (AvgIpc) is 2.48. The molecule has 0 heterocycles. The summed E-state index contributed by atoms with van der Waals surface area (Å²) in [5.41, 5.74) is 1.70. The number of hydrogen-bond acceptors (Lipinski definition) is 3. The minimum Gasteiger partial charge on any atom is -0.496 e. The zero-order chi connectivity index (χ0) is 15.9. The third kappa shape index (κ3) is 4.82. The van der Waals surface area contributed by atoms with Gasteiger partial charge >= 0.3 is 0 Å². The molecule has 0 aliphatic heterocycles. The highest BCUT2D eigenvalue weighted by Gasteiger charge is 2.07. The number of carbonyl (C=O) groups excluding carboxylic acids is 1. The Kier molecular flexibility index (Phi) is 5.91. The monoisotopic (exact) mass is 378 g/mol. The average molecular weight is 379 g/mol. The maximum absolute atomic E-state index is 11.9. The number of methoxy groups -OCH3 is 1. The van der Waals surface area contributed by atoms with E-state index in [9.17, 15) is 4.79 Å². The van der Waals surface area contributed by atoms with E-state index < -0.39 is 0 Å². The topological polar surface area (TPSA) is 50.4 Å². The molecule has 0 radical (unpaired) electrons. The molecule has 0 aromatic heterocycles. The van der Waals surface area contributed by atoms with E-state index in [1.165, 1.54) is 0 Å². The van der Waals surface area contributed by atoms with Gasteiger partial charge in [-0.05, 0) is 51.9 Å². The number of ether oxygens (including phenoxy) is 1. The zero-order valence-electron chi connectivity index (χ0n) is 11.9. The lowest BCUT2D eigenvalue weighted by molar-refractivity contribution is -0.119. The Morgan fingerprint density at radius 1 is 1.23 bits per heavy atom. The van der Waals surface area contributed by atoms with Crippen molar-refractivity contribution in [2.45, 2.75) is 6.42 Å². The molecule has 22 heavy (non-hydrogen) atoms. The fraction of sp³-hybridized carbons (Fsp3) is 0.125. The van der Waals surface area contributed by atoms with E-state index in [-0.39, 0.29) is 17.4 Å². The van der Waals surface area contributed by atoms with E-state index in [1.54, 1.807) is 13.2 Å². The van der Waals surface area contributed by atoms with Gasteiger partial charge in [-0.2, -0.15) is 0 Å². The maximum Gasteiger partial charge on any atom is 0.230 e. The van der Waals surface area contributed by atoms with Gasteiger partial charge in [-0.15, -0.1) is 0 Å². The highest BCUT2D eigenvalue weighted by atomic mass is 79.9. The Labute approximate surface area is 143 Å². The van der Waals surface area contributed by atoms with Gasteiger partial charge in [0.1, 0.15) is 5.75 Å². The molecule has 0 fully saturated rings. The molecule has 0 aliphatic rings. The summed E-state index contributed by atoms with van der Waals surface area (Å²) >= 11 is 8.54. The molecular formula is C16H15BrN2O2S. The minimum absolute atomic E-state index is 0.156. The molecule has 2 rings (SSSR count). The molecule has 2 aromatic carbocycles. The number of benzene rings is 2. The number of carbonyl (C=O) groups is 1. The van der Waals surface area contributed by atoms with Crippen molar-refractivity contribution in [2.75, 3.05) is 12.4 Å². The van der Waals surface area contributed by atoms with Crippen LogP contribution in [0.15, 0.2) is 53.0 Å². The lowest BCUT2D eigenvalue weighted by atomic mass is 10.1. The largest absolute Gasteiger partial charge is 0.496 e. The first kappa shape index (κ1) is 16.5. The van der Waals surface area contributed by atoms with Gasteiger partial charge in [-0.3, -0.25) is 4.79 Å². The summed E-state index contributed by atoms with van der Waals surface area (Å²) in [5.74, 6) is 0.570. The molecule has 0 bridgehead atoms. The van der Waals surface area contributed by atoms with Crippen molar-refractivity contribution in [1.29, 1.82) is 0 Å². The van der Waals surface area contributed by atoms with Crippen LogP contribution in [0.5, 0.6) is 5.75 Å². The molecule has 0 spiro atoms. The Bertz CT molecular complexity index is 677. The SMILES string of the molecule is COc1ccc(NC(=S)NC(=O)Cc2ccccc2)cc1Br. The van der Waals surface area contributed by atoms with Crippen molar-refractivity contribution in [3.8, 4) is 5.75 Å². The first-order chi connectivity index (χ1) is 10.6. The minimum atomic E-state index is -0.156. The summed E-state index contributed by atoms with van der Waals surface area (Å²) in [4.78, 5) is 11.9. The Morgan fingerprint density at radius 2 is 1.95 bits per heavy atom. The molecule has 2 N–H and O–H groups in total. The smallest absolute Gasteiger partial charge is 0.230 e. The fourth-order valence-corrected chi connectivity index (χ4v) is 2.63. The van der Waals surface area contributed by atoms with Crippen molar-refractivity contribution in [3.05, 3.63) is 58.6 Å². The summed E-state index contributed by atoms with van der Waals surface area (Å²) in [5, 5.41) is 5.89. The highest BCUT2D eigenvalue weighted by Crippen LogP contribution is 2.27. The van der Waals surface area contributed by atoms with Crippen molar-refractivity contribution >= 4 is 44.9 Å². The van der Waals surface area contributed by atoms with Gasteiger partial charge in [0.05, 0.1) is 18.0 Å². The van der Waals surface area contributed by atoms with E-state index in [4.69, 9.17) is 17.0 Å². The summed E-state index contributed by atoms with van der Waals surface area (Å²) in [6, 6.07) is 15.0. The van der Waals surface area contributed by atoms with Gasteiger partial charge in [0.25, 0.3) is 0 Å².